The Balaban J connectivity index is 1.85. The molecule has 1 aromatic rings. The molecule has 1 amide bonds. The van der Waals surface area contributed by atoms with E-state index in [1.165, 1.54) is 6.07 Å². The van der Waals surface area contributed by atoms with Crippen LogP contribution in [0.5, 0.6) is 0 Å². The van der Waals surface area contributed by atoms with Gasteiger partial charge in [0.15, 0.2) is 6.61 Å². The summed E-state index contributed by atoms with van der Waals surface area (Å²) in [4.78, 5) is 23.3. The van der Waals surface area contributed by atoms with Crippen LogP contribution < -0.4 is 5.32 Å². The maximum atomic E-state index is 13.3. The molecule has 1 atom stereocenters. The first-order valence-electron chi connectivity index (χ1n) is 6.63. The Morgan fingerprint density at radius 1 is 1.24 bits per heavy atom. The quantitative estimate of drug-likeness (QED) is 0.686. The van der Waals surface area contributed by atoms with Crippen molar-refractivity contribution in [3.8, 4) is 0 Å². The zero-order valence-corrected chi connectivity index (χ0v) is 11.3. The Labute approximate surface area is 120 Å². The Bertz CT molecular complexity index is 552. The van der Waals surface area contributed by atoms with Crippen molar-refractivity contribution in [2.24, 2.45) is 5.92 Å². The van der Waals surface area contributed by atoms with Gasteiger partial charge in [0.1, 0.15) is 17.3 Å². The van der Waals surface area contributed by atoms with Gasteiger partial charge in [-0.15, -0.1) is 0 Å². The SMILES string of the molecule is O=C(COC(=O)[C@H]1CC=CCC1)Nc1c(F)cccc1F. The first-order valence-corrected chi connectivity index (χ1v) is 6.63. The van der Waals surface area contributed by atoms with Crippen LogP contribution in [-0.2, 0) is 14.3 Å². The number of para-hydroxylation sites is 1. The van der Waals surface area contributed by atoms with Crippen molar-refractivity contribution >= 4 is 17.6 Å². The van der Waals surface area contributed by atoms with Gasteiger partial charge in [-0.05, 0) is 31.4 Å². The molecule has 4 nitrogen and oxygen atoms in total. The fraction of sp³-hybridized carbons (Fsp3) is 0.333. The summed E-state index contributed by atoms with van der Waals surface area (Å²) in [6.07, 6.45) is 5.94. The van der Waals surface area contributed by atoms with Crippen molar-refractivity contribution in [3.05, 3.63) is 42.0 Å². The van der Waals surface area contributed by atoms with Gasteiger partial charge >= 0.3 is 5.97 Å². The molecular formula is C15H15F2NO3. The molecule has 112 valence electrons. The fourth-order valence-electron chi connectivity index (χ4n) is 2.05. The number of ether oxygens (including phenoxy) is 1. The Hall–Kier alpha value is -2.24. The Morgan fingerprint density at radius 3 is 2.57 bits per heavy atom. The molecule has 0 heterocycles. The fourth-order valence-corrected chi connectivity index (χ4v) is 2.05. The van der Waals surface area contributed by atoms with Crippen LogP contribution in [0.3, 0.4) is 0 Å². The van der Waals surface area contributed by atoms with E-state index in [1.807, 2.05) is 12.2 Å². The predicted molar refractivity (Wildman–Crippen MR) is 72.4 cm³/mol. The molecular weight excluding hydrogens is 280 g/mol. The van der Waals surface area contributed by atoms with Crippen LogP contribution in [0, 0.1) is 17.6 Å². The molecule has 0 unspecified atom stereocenters. The number of hydrogen-bond acceptors (Lipinski definition) is 3. The van der Waals surface area contributed by atoms with E-state index in [2.05, 4.69) is 5.32 Å². The predicted octanol–water partition coefficient (Wildman–Crippen LogP) is 2.80. The summed E-state index contributed by atoms with van der Waals surface area (Å²) in [6, 6.07) is 3.25. The van der Waals surface area contributed by atoms with E-state index in [9.17, 15) is 18.4 Å². The molecule has 0 saturated heterocycles. The van der Waals surface area contributed by atoms with Crippen LogP contribution in [0.2, 0.25) is 0 Å². The van der Waals surface area contributed by atoms with Crippen LogP contribution in [0.15, 0.2) is 30.4 Å². The van der Waals surface area contributed by atoms with E-state index >= 15 is 0 Å². The zero-order chi connectivity index (χ0) is 15.2. The smallest absolute Gasteiger partial charge is 0.309 e. The summed E-state index contributed by atoms with van der Waals surface area (Å²) in [5.74, 6) is -3.27. The zero-order valence-electron chi connectivity index (χ0n) is 11.3. The number of amides is 1. The van der Waals surface area contributed by atoms with Gasteiger partial charge in [-0.2, -0.15) is 0 Å². The number of hydrogen-bond donors (Lipinski definition) is 1. The van der Waals surface area contributed by atoms with Gasteiger partial charge < -0.3 is 10.1 Å². The standard InChI is InChI=1S/C15H15F2NO3/c16-11-7-4-8-12(17)14(11)18-13(19)9-21-15(20)10-5-2-1-3-6-10/h1-2,4,7-8,10H,3,5-6,9H2,(H,18,19)/t10-/m0/s1. The van der Waals surface area contributed by atoms with Crippen molar-refractivity contribution in [1.29, 1.82) is 0 Å². The summed E-state index contributed by atoms with van der Waals surface area (Å²) in [7, 11) is 0. The van der Waals surface area contributed by atoms with Crippen LogP contribution in [0.1, 0.15) is 19.3 Å². The molecule has 0 bridgehead atoms. The molecule has 21 heavy (non-hydrogen) atoms. The lowest BCUT2D eigenvalue weighted by molar-refractivity contribution is -0.151. The van der Waals surface area contributed by atoms with E-state index < -0.39 is 35.8 Å². The molecule has 0 fully saturated rings. The highest BCUT2D eigenvalue weighted by Crippen LogP contribution is 2.20. The number of halogens is 2. The maximum absolute atomic E-state index is 13.3. The van der Waals surface area contributed by atoms with Crippen molar-refractivity contribution in [2.45, 2.75) is 19.3 Å². The third-order valence-electron chi connectivity index (χ3n) is 3.18. The van der Waals surface area contributed by atoms with Gasteiger partial charge in [-0.3, -0.25) is 9.59 Å². The van der Waals surface area contributed by atoms with Gasteiger partial charge in [0, 0.05) is 0 Å². The lowest BCUT2D eigenvalue weighted by Crippen LogP contribution is -2.25. The first kappa shape index (κ1) is 15.2. The third-order valence-corrected chi connectivity index (χ3v) is 3.18. The first-order chi connectivity index (χ1) is 10.1. The number of esters is 1. The van der Waals surface area contributed by atoms with Crippen LogP contribution in [-0.4, -0.2) is 18.5 Å². The van der Waals surface area contributed by atoms with Gasteiger partial charge in [-0.1, -0.05) is 18.2 Å². The Kier molecular flexibility index (Phi) is 5.03. The monoisotopic (exact) mass is 295 g/mol. The molecule has 1 aliphatic carbocycles. The van der Waals surface area contributed by atoms with Crippen molar-refractivity contribution in [1.82, 2.24) is 0 Å². The normalized spacial score (nSPS) is 17.3. The lowest BCUT2D eigenvalue weighted by Gasteiger charge is -2.16. The topological polar surface area (TPSA) is 55.4 Å². The minimum absolute atomic E-state index is 0.256. The minimum atomic E-state index is -0.882. The van der Waals surface area contributed by atoms with Crippen molar-refractivity contribution in [2.75, 3.05) is 11.9 Å². The number of rotatable bonds is 4. The summed E-state index contributed by atoms with van der Waals surface area (Å²) in [5.41, 5.74) is -0.542. The molecule has 1 aromatic carbocycles. The average molecular weight is 295 g/mol. The largest absolute Gasteiger partial charge is 0.455 e. The highest BCUT2D eigenvalue weighted by Gasteiger charge is 2.21. The van der Waals surface area contributed by atoms with E-state index in [0.29, 0.717) is 12.8 Å². The van der Waals surface area contributed by atoms with Gasteiger partial charge in [0.25, 0.3) is 5.91 Å². The number of anilines is 1. The van der Waals surface area contributed by atoms with E-state index in [4.69, 9.17) is 4.74 Å². The average Bonchev–Trinajstić information content (AvgIpc) is 2.49. The highest BCUT2D eigenvalue weighted by molar-refractivity contribution is 5.93. The van der Waals surface area contributed by atoms with E-state index in [-0.39, 0.29) is 5.92 Å². The molecule has 6 heteroatoms. The second kappa shape index (κ2) is 6.97. The summed E-state index contributed by atoms with van der Waals surface area (Å²) in [5, 5.41) is 2.06. The highest BCUT2D eigenvalue weighted by atomic mass is 19.1. The van der Waals surface area contributed by atoms with Crippen molar-refractivity contribution in [3.63, 3.8) is 0 Å². The number of benzene rings is 1. The maximum Gasteiger partial charge on any atom is 0.309 e. The summed E-state index contributed by atoms with van der Waals surface area (Å²) >= 11 is 0. The Morgan fingerprint density at radius 2 is 1.95 bits per heavy atom. The van der Waals surface area contributed by atoms with Crippen LogP contribution in [0.25, 0.3) is 0 Å². The van der Waals surface area contributed by atoms with Crippen molar-refractivity contribution < 1.29 is 23.1 Å². The molecule has 0 spiro atoms. The van der Waals surface area contributed by atoms with E-state index in [0.717, 1.165) is 18.6 Å². The molecule has 0 saturated carbocycles. The second-order valence-electron chi connectivity index (χ2n) is 4.73. The molecule has 0 aromatic heterocycles. The summed E-state index contributed by atoms with van der Waals surface area (Å²) < 4.78 is 31.5. The number of carbonyl (C=O) groups is 2. The van der Waals surface area contributed by atoms with Gasteiger partial charge in [0.05, 0.1) is 5.92 Å². The molecule has 1 aliphatic rings. The van der Waals surface area contributed by atoms with Gasteiger partial charge in [-0.25, -0.2) is 8.78 Å². The number of carbonyl (C=O) groups excluding carboxylic acids is 2. The minimum Gasteiger partial charge on any atom is -0.455 e. The second-order valence-corrected chi connectivity index (χ2v) is 4.73. The van der Waals surface area contributed by atoms with E-state index in [1.54, 1.807) is 0 Å². The molecule has 1 N–H and O–H groups in total. The van der Waals surface area contributed by atoms with Gasteiger partial charge in [0.2, 0.25) is 0 Å². The van der Waals surface area contributed by atoms with Crippen LogP contribution in [0.4, 0.5) is 14.5 Å². The molecule has 0 radical (unpaired) electrons. The number of nitrogens with one attached hydrogen (secondary N) is 1. The number of allylic oxidation sites excluding steroid dienone is 2. The lowest BCUT2D eigenvalue weighted by atomic mass is 9.95. The third kappa shape index (κ3) is 4.11. The summed E-state index contributed by atoms with van der Waals surface area (Å²) in [6.45, 7) is -0.563. The molecule has 2 rings (SSSR count). The van der Waals surface area contributed by atoms with Crippen LogP contribution >= 0.6 is 0 Å². The molecule has 0 aliphatic heterocycles.